The molecule has 0 saturated carbocycles. The zero-order valence-corrected chi connectivity index (χ0v) is 18.5. The van der Waals surface area contributed by atoms with Crippen molar-refractivity contribution in [1.29, 1.82) is 0 Å². The highest BCUT2D eigenvalue weighted by Gasteiger charge is 2.22. The molecule has 10 heteroatoms. The molecule has 4 rings (SSSR count). The number of aromatic nitrogens is 3. The van der Waals surface area contributed by atoms with Crippen LogP contribution in [0.25, 0.3) is 16.2 Å². The van der Waals surface area contributed by atoms with Gasteiger partial charge in [-0.1, -0.05) is 53.3 Å². The molecule has 1 unspecified atom stereocenters. The molecule has 0 radical (unpaired) electrons. The van der Waals surface area contributed by atoms with E-state index in [1.165, 1.54) is 0 Å². The molecule has 144 valence electrons. The molecule has 4 nitrogen and oxygen atoms in total. The maximum absolute atomic E-state index is 12.9. The van der Waals surface area contributed by atoms with Gasteiger partial charge in [-0.2, -0.15) is 0 Å². The minimum Gasteiger partial charge on any atom is -0.611 e. The Kier molecular flexibility index (Phi) is 5.88. The Hall–Kier alpha value is -1.27. The Morgan fingerprint density at radius 2 is 1.96 bits per heavy atom. The van der Waals surface area contributed by atoms with Gasteiger partial charge < -0.3 is 8.95 Å². The molecule has 0 aliphatic rings. The van der Waals surface area contributed by atoms with Crippen molar-refractivity contribution in [3.63, 3.8) is 0 Å². The van der Waals surface area contributed by atoms with Crippen LogP contribution in [0, 0.1) is 3.57 Å². The first kappa shape index (κ1) is 20.0. The molecule has 0 aliphatic carbocycles. The minimum absolute atomic E-state index is 0.338. The zero-order chi connectivity index (χ0) is 19.8. The second-order valence-corrected chi connectivity index (χ2v) is 9.87. The van der Waals surface area contributed by atoms with Crippen LogP contribution >= 0.6 is 45.5 Å². The highest BCUT2D eigenvalue weighted by atomic mass is 127. The predicted octanol–water partition coefficient (Wildman–Crippen LogP) is 5.96. The van der Waals surface area contributed by atoms with E-state index in [0.717, 1.165) is 20.5 Å². The second kappa shape index (κ2) is 8.23. The molecule has 3 heterocycles. The monoisotopic (exact) mass is 549 g/mol. The van der Waals surface area contributed by atoms with E-state index in [-0.39, 0.29) is 5.01 Å². The Morgan fingerprint density at radius 1 is 1.21 bits per heavy atom. The first-order valence-corrected chi connectivity index (χ1v) is 11.6. The molecular weight excluding hydrogens is 539 g/mol. The predicted molar refractivity (Wildman–Crippen MR) is 116 cm³/mol. The number of pyridine rings is 1. The fourth-order valence-corrected chi connectivity index (χ4v) is 5.97. The van der Waals surface area contributed by atoms with E-state index in [9.17, 15) is 13.3 Å². The molecule has 1 aromatic carbocycles. The van der Waals surface area contributed by atoms with Gasteiger partial charge >= 0.3 is 0 Å². The zero-order valence-electron chi connectivity index (χ0n) is 14.0. The number of hydrogen-bond donors (Lipinski definition) is 0. The van der Waals surface area contributed by atoms with Crippen molar-refractivity contribution in [2.75, 3.05) is 0 Å². The molecular formula is C18H11ClF2IN3OS2. The molecule has 0 aliphatic heterocycles. The summed E-state index contributed by atoms with van der Waals surface area (Å²) in [7, 11) is 0. The van der Waals surface area contributed by atoms with Crippen LogP contribution in [0.1, 0.15) is 17.0 Å². The molecule has 4 aromatic rings. The van der Waals surface area contributed by atoms with Crippen LogP contribution in [0.5, 0.6) is 0 Å². The number of alkyl halides is 2. The highest BCUT2D eigenvalue weighted by molar-refractivity contribution is 14.1. The quantitative estimate of drug-likeness (QED) is 0.228. The summed E-state index contributed by atoms with van der Waals surface area (Å²) in [6.45, 7) is 0. The summed E-state index contributed by atoms with van der Waals surface area (Å²) in [6, 6.07) is 13.0. The van der Waals surface area contributed by atoms with Gasteiger partial charge in [0.15, 0.2) is 14.9 Å². The first-order valence-electron chi connectivity index (χ1n) is 7.98. The topological polar surface area (TPSA) is 53.2 Å². The largest absolute Gasteiger partial charge is 0.611 e. The van der Waals surface area contributed by atoms with Crippen molar-refractivity contribution in [1.82, 2.24) is 14.6 Å². The summed E-state index contributed by atoms with van der Waals surface area (Å²) in [6.07, 6.45) is -0.949. The van der Waals surface area contributed by atoms with Crippen LogP contribution in [0.3, 0.4) is 0 Å². The summed E-state index contributed by atoms with van der Waals surface area (Å²) >= 11 is 8.10. The van der Waals surface area contributed by atoms with Gasteiger partial charge in [0.25, 0.3) is 6.43 Å². The average Bonchev–Trinajstić information content (AvgIpc) is 3.27. The first-order chi connectivity index (χ1) is 13.4. The van der Waals surface area contributed by atoms with E-state index >= 15 is 0 Å². The van der Waals surface area contributed by atoms with Gasteiger partial charge in [0.2, 0.25) is 0 Å². The van der Waals surface area contributed by atoms with E-state index in [2.05, 4.69) is 32.8 Å². The van der Waals surface area contributed by atoms with E-state index in [0.29, 0.717) is 31.9 Å². The number of benzene rings is 1. The summed E-state index contributed by atoms with van der Waals surface area (Å²) < 4.78 is 41.2. The average molecular weight is 550 g/mol. The molecule has 0 spiro atoms. The third kappa shape index (κ3) is 3.90. The van der Waals surface area contributed by atoms with Crippen LogP contribution in [0.4, 0.5) is 8.78 Å². The minimum atomic E-state index is -2.67. The van der Waals surface area contributed by atoms with Crippen LogP contribution < -0.4 is 0 Å². The molecule has 1 atom stereocenters. The lowest BCUT2D eigenvalue weighted by Gasteiger charge is -2.12. The van der Waals surface area contributed by atoms with Gasteiger partial charge in [-0.05, 0) is 39.8 Å². The number of halogens is 4. The number of nitrogens with zero attached hydrogens (tertiary/aromatic N) is 3. The smallest absolute Gasteiger partial charge is 0.291 e. The van der Waals surface area contributed by atoms with Crippen LogP contribution in [0.2, 0.25) is 5.02 Å². The van der Waals surface area contributed by atoms with Gasteiger partial charge in [-0.25, -0.2) is 8.78 Å². The third-order valence-corrected chi connectivity index (χ3v) is 7.40. The maximum Gasteiger partial charge on any atom is 0.291 e. The summed E-state index contributed by atoms with van der Waals surface area (Å²) in [5, 5.41) is 7.90. The maximum atomic E-state index is 12.9. The third-order valence-electron chi connectivity index (χ3n) is 3.99. The standard InChI is InChI=1S/C18H11ClF2IN3OS2/c19-12-6-11(28(26)9-10-4-2-1-3-5-10)8-25-14(7-13(22)15(12)25)17-23-24-18(27-17)16(20)21/h1-8,16H,9H2. The lowest BCUT2D eigenvalue weighted by atomic mass is 10.2. The number of hydrogen-bond acceptors (Lipinski definition) is 4. The normalized spacial score (nSPS) is 12.8. The molecule has 28 heavy (non-hydrogen) atoms. The van der Waals surface area contributed by atoms with Gasteiger partial charge in [0.1, 0.15) is 5.75 Å². The van der Waals surface area contributed by atoms with Crippen molar-refractivity contribution in [2.45, 2.75) is 17.1 Å². The van der Waals surface area contributed by atoms with E-state index in [1.54, 1.807) is 22.7 Å². The summed E-state index contributed by atoms with van der Waals surface area (Å²) in [4.78, 5) is 0.549. The van der Waals surface area contributed by atoms with Gasteiger partial charge in [0.05, 0.1) is 22.4 Å². The molecule has 0 amide bonds. The molecule has 3 aromatic heterocycles. The van der Waals surface area contributed by atoms with Gasteiger partial charge in [-0.3, -0.25) is 0 Å². The Bertz CT molecular complexity index is 1140. The lowest BCUT2D eigenvalue weighted by molar-refractivity contribution is 0.150. The van der Waals surface area contributed by atoms with E-state index in [4.69, 9.17) is 11.6 Å². The Balaban J connectivity index is 1.78. The van der Waals surface area contributed by atoms with Crippen molar-refractivity contribution in [3.8, 4) is 10.7 Å². The fourth-order valence-electron chi connectivity index (χ4n) is 2.74. The Labute approximate surface area is 184 Å². The molecule has 0 fully saturated rings. The fraction of sp³-hybridized carbons (Fsp3) is 0.111. The SMILES string of the molecule is [O-][S+](Cc1ccccc1)c1cc(Cl)c2c(I)cc(-c3nnc(C(F)F)s3)n2c1. The van der Waals surface area contributed by atoms with Gasteiger partial charge in [0, 0.05) is 15.2 Å². The van der Waals surface area contributed by atoms with E-state index in [1.807, 2.05) is 30.3 Å². The summed E-state index contributed by atoms with van der Waals surface area (Å²) in [5.41, 5.74) is 2.25. The van der Waals surface area contributed by atoms with Crippen molar-refractivity contribution in [2.24, 2.45) is 0 Å². The highest BCUT2D eigenvalue weighted by Crippen LogP contribution is 2.36. The van der Waals surface area contributed by atoms with Crippen LogP contribution in [-0.4, -0.2) is 19.2 Å². The van der Waals surface area contributed by atoms with E-state index < -0.39 is 17.6 Å². The lowest BCUT2D eigenvalue weighted by Crippen LogP contribution is -2.07. The van der Waals surface area contributed by atoms with Crippen LogP contribution in [-0.2, 0) is 16.9 Å². The number of rotatable bonds is 5. The molecule has 0 bridgehead atoms. The van der Waals surface area contributed by atoms with Crippen molar-refractivity contribution >= 4 is 62.2 Å². The molecule has 0 N–H and O–H groups in total. The van der Waals surface area contributed by atoms with Crippen molar-refractivity contribution in [3.05, 3.63) is 67.8 Å². The second-order valence-electron chi connectivity index (χ2n) is 5.84. The summed E-state index contributed by atoms with van der Waals surface area (Å²) in [5.74, 6) is 0.352. The molecule has 0 saturated heterocycles. The van der Waals surface area contributed by atoms with Crippen LogP contribution in [0.15, 0.2) is 53.6 Å². The Morgan fingerprint density at radius 3 is 2.64 bits per heavy atom. The number of fused-ring (bicyclic) bond motifs is 1. The van der Waals surface area contributed by atoms with Crippen molar-refractivity contribution < 1.29 is 13.3 Å². The van der Waals surface area contributed by atoms with Gasteiger partial charge in [-0.15, -0.1) is 10.2 Å².